The molecule has 1 aromatic carbocycles. The van der Waals surface area contributed by atoms with Crippen molar-refractivity contribution < 1.29 is 34.3 Å². The van der Waals surface area contributed by atoms with E-state index in [1.807, 2.05) is 0 Å². The first-order valence-corrected chi connectivity index (χ1v) is 12.4. The third kappa shape index (κ3) is 4.59. The van der Waals surface area contributed by atoms with E-state index >= 15 is 0 Å². The van der Waals surface area contributed by atoms with Gasteiger partial charge in [-0.3, -0.25) is 19.8 Å². The molecule has 1 aromatic rings. The van der Waals surface area contributed by atoms with E-state index in [2.05, 4.69) is 0 Å². The average Bonchev–Trinajstić information content (AvgIpc) is 3.41. The summed E-state index contributed by atoms with van der Waals surface area (Å²) in [5.41, 5.74) is 0.528. The molecule has 2 saturated heterocycles. The van der Waals surface area contributed by atoms with Gasteiger partial charge in [0, 0.05) is 30.5 Å². The molecular weight excluding hydrogens is 486 g/mol. The molecule has 0 saturated carbocycles. The number of β-lactam (4-membered cyclic amide) rings is 1. The standard InChI is InChI=1S/C21H23N3O8S2/c1-2-14(25)15-17(26)23-16(19(27)28)20(34-18(15)23)33-13-7-8-22(9-13)21(29)32-10-11-3-5-12(6-4-11)24(30)31/h3-6,13-15,18,25H,2,7-10H2,1H3,(H,27,28)/t13-,14-,15+,18+/m0/s1. The van der Waals surface area contributed by atoms with Crippen LogP contribution in [0.15, 0.2) is 34.2 Å². The maximum absolute atomic E-state index is 12.5. The lowest BCUT2D eigenvalue weighted by Gasteiger charge is -2.44. The number of aliphatic hydroxyl groups excluding tert-OH is 1. The number of likely N-dealkylation sites (tertiary alicyclic amines) is 1. The largest absolute Gasteiger partial charge is 0.477 e. The fraction of sp³-hybridized carbons (Fsp3) is 0.476. The number of fused-ring (bicyclic) bond motifs is 1. The van der Waals surface area contributed by atoms with Crippen LogP contribution in [-0.2, 0) is 20.9 Å². The van der Waals surface area contributed by atoms with E-state index in [9.17, 15) is 34.7 Å². The summed E-state index contributed by atoms with van der Waals surface area (Å²) in [6.07, 6.45) is -0.286. The fourth-order valence-corrected chi connectivity index (χ4v) is 7.37. The molecule has 0 unspecified atom stereocenters. The van der Waals surface area contributed by atoms with E-state index in [-0.39, 0.29) is 29.1 Å². The molecule has 0 radical (unpaired) electrons. The molecule has 4 atom stereocenters. The van der Waals surface area contributed by atoms with Gasteiger partial charge in [0.25, 0.3) is 5.69 Å². The first kappa shape index (κ1) is 24.4. The molecule has 13 heteroatoms. The number of aliphatic hydroxyl groups is 1. The highest BCUT2D eigenvalue weighted by Crippen LogP contribution is 2.55. The van der Waals surface area contributed by atoms with Crippen LogP contribution in [0.4, 0.5) is 10.5 Å². The molecule has 2 amide bonds. The number of nitrogens with zero attached hydrogens (tertiary/aromatic N) is 3. The predicted molar refractivity (Wildman–Crippen MR) is 124 cm³/mol. The number of nitro benzene ring substituents is 1. The second-order valence-corrected chi connectivity index (χ2v) is 10.8. The van der Waals surface area contributed by atoms with Crippen LogP contribution in [0.1, 0.15) is 25.3 Å². The summed E-state index contributed by atoms with van der Waals surface area (Å²) in [6, 6.07) is 5.74. The Balaban J connectivity index is 1.33. The van der Waals surface area contributed by atoms with E-state index in [0.717, 1.165) is 0 Å². The Morgan fingerprint density at radius 1 is 1.35 bits per heavy atom. The zero-order chi connectivity index (χ0) is 24.6. The highest BCUT2D eigenvalue weighted by Gasteiger charge is 2.58. The van der Waals surface area contributed by atoms with E-state index in [1.54, 1.807) is 6.92 Å². The van der Waals surface area contributed by atoms with E-state index in [4.69, 9.17) is 4.74 Å². The number of carbonyl (C=O) groups excluding carboxylic acids is 2. The summed E-state index contributed by atoms with van der Waals surface area (Å²) in [5, 5.41) is 30.1. The van der Waals surface area contributed by atoms with Crippen LogP contribution in [0.5, 0.6) is 0 Å². The number of ether oxygens (including phenoxy) is 1. The third-order valence-electron chi connectivity index (χ3n) is 5.97. The van der Waals surface area contributed by atoms with Crippen LogP contribution >= 0.6 is 23.5 Å². The Labute approximate surface area is 203 Å². The van der Waals surface area contributed by atoms with Crippen molar-refractivity contribution in [1.82, 2.24) is 9.80 Å². The first-order chi connectivity index (χ1) is 16.2. The first-order valence-electron chi connectivity index (χ1n) is 10.7. The maximum Gasteiger partial charge on any atom is 0.410 e. The SMILES string of the molecule is CC[C@H](O)[C@@H]1C(=O)N2C(C(=O)O)=C(S[C@H]3CCN(C(=O)OCc4ccc([N+](=O)[O-])cc4)C3)S[C@H]12. The van der Waals surface area contributed by atoms with E-state index in [1.165, 1.54) is 57.6 Å². The number of carboxylic acids is 1. The van der Waals surface area contributed by atoms with Gasteiger partial charge >= 0.3 is 12.1 Å². The topological polar surface area (TPSA) is 151 Å². The number of rotatable bonds is 8. The van der Waals surface area contributed by atoms with Crippen molar-refractivity contribution in [2.45, 2.75) is 43.1 Å². The van der Waals surface area contributed by atoms with Gasteiger partial charge in [0.05, 0.1) is 21.2 Å². The second kappa shape index (κ2) is 9.84. The van der Waals surface area contributed by atoms with Gasteiger partial charge in [0.1, 0.15) is 12.0 Å². The van der Waals surface area contributed by atoms with Crippen LogP contribution in [0.3, 0.4) is 0 Å². The molecule has 3 aliphatic rings. The van der Waals surface area contributed by atoms with E-state index < -0.39 is 34.4 Å². The molecule has 0 aliphatic carbocycles. The van der Waals surface area contributed by atoms with Gasteiger partial charge in [-0.1, -0.05) is 18.7 Å². The van der Waals surface area contributed by atoms with Crippen LogP contribution in [0.25, 0.3) is 0 Å². The van der Waals surface area contributed by atoms with Crippen molar-refractivity contribution in [1.29, 1.82) is 0 Å². The molecule has 3 heterocycles. The summed E-state index contributed by atoms with van der Waals surface area (Å²) in [7, 11) is 0. The monoisotopic (exact) mass is 509 g/mol. The molecular formula is C21H23N3O8S2. The number of aliphatic carboxylic acids is 1. The van der Waals surface area contributed by atoms with E-state index in [0.29, 0.717) is 35.7 Å². The van der Waals surface area contributed by atoms with Crippen molar-refractivity contribution in [3.63, 3.8) is 0 Å². The minimum atomic E-state index is -1.19. The van der Waals surface area contributed by atoms with Crippen LogP contribution < -0.4 is 0 Å². The zero-order valence-electron chi connectivity index (χ0n) is 18.2. The molecule has 0 spiro atoms. The van der Waals surface area contributed by atoms with Gasteiger partial charge in [-0.2, -0.15) is 0 Å². The Kier molecular flexibility index (Phi) is 7.05. The van der Waals surface area contributed by atoms with Crippen LogP contribution in [0.2, 0.25) is 0 Å². The smallest absolute Gasteiger partial charge is 0.410 e. The Morgan fingerprint density at radius 2 is 2.06 bits per heavy atom. The number of hydrogen-bond donors (Lipinski definition) is 2. The molecule has 34 heavy (non-hydrogen) atoms. The zero-order valence-corrected chi connectivity index (χ0v) is 19.8. The van der Waals surface area contributed by atoms with Gasteiger partial charge in [-0.05, 0) is 30.5 Å². The molecule has 2 fully saturated rings. The molecule has 4 rings (SSSR count). The normalized spacial score (nSPS) is 24.6. The lowest BCUT2D eigenvalue weighted by molar-refractivity contribution is -0.384. The second-order valence-electron chi connectivity index (χ2n) is 8.11. The lowest BCUT2D eigenvalue weighted by Crippen LogP contribution is -2.61. The third-order valence-corrected chi connectivity index (χ3v) is 8.82. The Bertz CT molecular complexity index is 1050. The molecule has 11 nitrogen and oxygen atoms in total. The number of hydrogen-bond acceptors (Lipinski definition) is 9. The molecule has 3 aliphatic heterocycles. The molecule has 0 bridgehead atoms. The predicted octanol–water partition coefficient (Wildman–Crippen LogP) is 2.59. The van der Waals surface area contributed by atoms with Gasteiger partial charge in [-0.25, -0.2) is 9.59 Å². The van der Waals surface area contributed by atoms with Gasteiger partial charge in [0.15, 0.2) is 5.70 Å². The van der Waals surface area contributed by atoms with Crippen molar-refractivity contribution in [2.75, 3.05) is 13.1 Å². The number of benzene rings is 1. The van der Waals surface area contributed by atoms with Crippen LogP contribution in [-0.4, -0.2) is 72.7 Å². The van der Waals surface area contributed by atoms with Gasteiger partial charge in [0.2, 0.25) is 5.91 Å². The maximum atomic E-state index is 12.5. The van der Waals surface area contributed by atoms with Crippen molar-refractivity contribution >= 4 is 47.2 Å². The summed E-state index contributed by atoms with van der Waals surface area (Å²) in [4.78, 5) is 49.8. The minimum Gasteiger partial charge on any atom is -0.477 e. The highest BCUT2D eigenvalue weighted by molar-refractivity contribution is 8.23. The Hall–Kier alpha value is -2.77. The molecule has 182 valence electrons. The Morgan fingerprint density at radius 3 is 2.68 bits per heavy atom. The minimum absolute atomic E-state index is 0.0187. The summed E-state index contributed by atoms with van der Waals surface area (Å²) in [5.74, 6) is -2.17. The summed E-state index contributed by atoms with van der Waals surface area (Å²) < 4.78 is 5.83. The number of thioether (sulfide) groups is 2. The van der Waals surface area contributed by atoms with Crippen molar-refractivity contribution in [3.8, 4) is 0 Å². The number of carboxylic acid groups (broad SMARTS) is 1. The summed E-state index contributed by atoms with van der Waals surface area (Å²) >= 11 is 2.62. The highest BCUT2D eigenvalue weighted by atomic mass is 32.2. The molecule has 2 N–H and O–H groups in total. The number of carbonyl (C=O) groups is 3. The lowest BCUT2D eigenvalue weighted by atomic mass is 9.90. The fourth-order valence-electron chi connectivity index (χ4n) is 4.09. The summed E-state index contributed by atoms with van der Waals surface area (Å²) in [6.45, 7) is 2.56. The number of amides is 2. The molecule has 0 aromatic heterocycles. The number of non-ortho nitro benzene ring substituents is 1. The quantitative estimate of drug-likeness (QED) is 0.304. The number of nitro groups is 1. The van der Waals surface area contributed by atoms with Crippen LogP contribution in [0, 0.1) is 16.0 Å². The van der Waals surface area contributed by atoms with Crippen molar-refractivity contribution in [2.24, 2.45) is 5.92 Å². The average molecular weight is 510 g/mol. The van der Waals surface area contributed by atoms with Crippen molar-refractivity contribution in [3.05, 3.63) is 49.9 Å². The van der Waals surface area contributed by atoms with Gasteiger partial charge < -0.3 is 19.8 Å². The van der Waals surface area contributed by atoms with Gasteiger partial charge in [-0.15, -0.1) is 11.8 Å².